The SMILES string of the molecule is Cc1cc(NS(=O)(=O)c2ccc(C#N)cc2N)on1. The van der Waals surface area contributed by atoms with Crippen molar-refractivity contribution in [2.45, 2.75) is 11.8 Å². The average Bonchev–Trinajstić information content (AvgIpc) is 2.73. The summed E-state index contributed by atoms with van der Waals surface area (Å²) in [4.78, 5) is -0.124. The van der Waals surface area contributed by atoms with Crippen LogP contribution in [0.15, 0.2) is 33.7 Å². The summed E-state index contributed by atoms with van der Waals surface area (Å²) >= 11 is 0. The molecule has 0 aliphatic carbocycles. The molecular formula is C11H10N4O3S. The number of nitrogens with two attached hydrogens (primary N) is 1. The summed E-state index contributed by atoms with van der Waals surface area (Å²) in [5.41, 5.74) is 6.45. The van der Waals surface area contributed by atoms with Crippen LogP contribution in [0.5, 0.6) is 0 Å². The van der Waals surface area contributed by atoms with Gasteiger partial charge in [0, 0.05) is 6.07 Å². The Bertz CT molecular complexity index is 758. The third-order valence-corrected chi connectivity index (χ3v) is 3.71. The zero-order valence-corrected chi connectivity index (χ0v) is 10.7. The first kappa shape index (κ1) is 12.9. The highest BCUT2D eigenvalue weighted by molar-refractivity contribution is 7.92. The van der Waals surface area contributed by atoms with Gasteiger partial charge in [-0.15, -0.1) is 0 Å². The van der Waals surface area contributed by atoms with Gasteiger partial charge < -0.3 is 10.3 Å². The fourth-order valence-electron chi connectivity index (χ4n) is 1.46. The van der Waals surface area contributed by atoms with Gasteiger partial charge in [0.1, 0.15) is 4.90 Å². The number of anilines is 2. The highest BCUT2D eigenvalue weighted by Crippen LogP contribution is 2.22. The van der Waals surface area contributed by atoms with Crippen molar-refractivity contribution in [3.8, 4) is 6.07 Å². The third-order valence-electron chi connectivity index (χ3n) is 2.29. The van der Waals surface area contributed by atoms with Crippen molar-refractivity contribution in [1.82, 2.24) is 5.16 Å². The van der Waals surface area contributed by atoms with Crippen LogP contribution in [0.4, 0.5) is 11.6 Å². The first-order chi connectivity index (χ1) is 8.92. The van der Waals surface area contributed by atoms with E-state index in [0.717, 1.165) is 0 Å². The van der Waals surface area contributed by atoms with Gasteiger partial charge in [0.2, 0.25) is 5.88 Å². The van der Waals surface area contributed by atoms with Crippen molar-refractivity contribution in [1.29, 1.82) is 5.26 Å². The van der Waals surface area contributed by atoms with E-state index < -0.39 is 10.0 Å². The van der Waals surface area contributed by atoms with Crippen molar-refractivity contribution in [3.63, 3.8) is 0 Å². The highest BCUT2D eigenvalue weighted by Gasteiger charge is 2.19. The van der Waals surface area contributed by atoms with E-state index >= 15 is 0 Å². The second-order valence-electron chi connectivity index (χ2n) is 3.80. The van der Waals surface area contributed by atoms with Gasteiger partial charge in [0.15, 0.2) is 0 Å². The number of nitrogens with one attached hydrogen (secondary N) is 1. The fraction of sp³-hybridized carbons (Fsp3) is 0.0909. The highest BCUT2D eigenvalue weighted by atomic mass is 32.2. The molecule has 0 aliphatic rings. The van der Waals surface area contributed by atoms with Crippen molar-refractivity contribution in [2.24, 2.45) is 0 Å². The molecule has 8 heteroatoms. The molecule has 0 saturated carbocycles. The maximum absolute atomic E-state index is 12.1. The number of aryl methyl sites for hydroxylation is 1. The molecule has 2 aromatic rings. The molecule has 0 unspecified atom stereocenters. The van der Waals surface area contributed by atoms with Crippen LogP contribution in [0.25, 0.3) is 0 Å². The topological polar surface area (TPSA) is 122 Å². The molecule has 0 bridgehead atoms. The maximum atomic E-state index is 12.1. The molecule has 1 heterocycles. The molecule has 0 radical (unpaired) electrons. The molecule has 0 fully saturated rings. The number of nitrogens with zero attached hydrogens (tertiary/aromatic N) is 2. The molecule has 0 aliphatic heterocycles. The molecule has 7 nitrogen and oxygen atoms in total. The molecule has 3 N–H and O–H groups in total. The van der Waals surface area contributed by atoms with Crippen molar-refractivity contribution in [3.05, 3.63) is 35.5 Å². The van der Waals surface area contributed by atoms with Crippen molar-refractivity contribution >= 4 is 21.6 Å². The summed E-state index contributed by atoms with van der Waals surface area (Å²) < 4.78 is 31.1. The number of rotatable bonds is 3. The molecular weight excluding hydrogens is 268 g/mol. The van der Waals surface area contributed by atoms with Gasteiger partial charge in [-0.3, -0.25) is 0 Å². The first-order valence-corrected chi connectivity index (χ1v) is 6.66. The van der Waals surface area contributed by atoms with Gasteiger partial charge in [-0.05, 0) is 25.1 Å². The lowest BCUT2D eigenvalue weighted by Crippen LogP contribution is -2.14. The lowest BCUT2D eigenvalue weighted by molar-refractivity contribution is 0.430. The van der Waals surface area contributed by atoms with Crippen molar-refractivity contribution < 1.29 is 12.9 Å². The number of nitriles is 1. The molecule has 0 saturated heterocycles. The minimum atomic E-state index is -3.87. The standard InChI is InChI=1S/C11H10N4O3S/c1-7-4-11(18-14-7)15-19(16,17)10-3-2-8(6-12)5-9(10)13/h2-5,15H,13H2,1H3. The summed E-state index contributed by atoms with van der Waals surface area (Å²) in [7, 11) is -3.87. The Labute approximate surface area is 109 Å². The van der Waals surface area contributed by atoms with Crippen molar-refractivity contribution in [2.75, 3.05) is 10.5 Å². The van der Waals surface area contributed by atoms with E-state index in [1.165, 1.54) is 24.3 Å². The second kappa shape index (κ2) is 4.62. The summed E-state index contributed by atoms with van der Waals surface area (Å²) in [6.07, 6.45) is 0. The van der Waals surface area contributed by atoms with Gasteiger partial charge in [-0.2, -0.15) is 5.26 Å². The Morgan fingerprint density at radius 3 is 2.68 bits per heavy atom. The van der Waals surface area contributed by atoms with E-state index in [4.69, 9.17) is 15.5 Å². The molecule has 98 valence electrons. The molecule has 1 aromatic carbocycles. The van der Waals surface area contributed by atoms with Crippen LogP contribution in [0.2, 0.25) is 0 Å². The molecule has 0 spiro atoms. The van der Waals surface area contributed by atoms with Gasteiger partial charge >= 0.3 is 0 Å². The van der Waals surface area contributed by atoms with Gasteiger partial charge in [-0.1, -0.05) is 5.16 Å². The third kappa shape index (κ3) is 2.66. The predicted molar refractivity (Wildman–Crippen MR) is 67.6 cm³/mol. The van der Waals surface area contributed by atoms with E-state index in [1.54, 1.807) is 6.92 Å². The smallest absolute Gasteiger partial charge is 0.266 e. The van der Waals surface area contributed by atoms with Crippen LogP contribution in [-0.2, 0) is 10.0 Å². The number of hydrogen-bond donors (Lipinski definition) is 2. The zero-order valence-electron chi connectivity index (χ0n) is 9.91. The summed E-state index contributed by atoms with van der Waals surface area (Å²) in [6.45, 7) is 1.66. The summed E-state index contributed by atoms with van der Waals surface area (Å²) in [5, 5.41) is 12.3. The number of nitrogen functional groups attached to an aromatic ring is 1. The lowest BCUT2D eigenvalue weighted by Gasteiger charge is -2.07. The van der Waals surface area contributed by atoms with Crippen LogP contribution in [0.1, 0.15) is 11.3 Å². The Hall–Kier alpha value is -2.53. The van der Waals surface area contributed by atoms with Gasteiger partial charge in [-0.25, -0.2) is 13.1 Å². The van der Waals surface area contributed by atoms with Crippen LogP contribution in [0.3, 0.4) is 0 Å². The normalized spacial score (nSPS) is 10.9. The molecule has 2 rings (SSSR count). The second-order valence-corrected chi connectivity index (χ2v) is 5.45. The summed E-state index contributed by atoms with van der Waals surface area (Å²) in [5.74, 6) is 0.00117. The fourth-order valence-corrected chi connectivity index (χ4v) is 2.55. The largest absolute Gasteiger partial charge is 0.398 e. The number of aromatic nitrogens is 1. The minimum Gasteiger partial charge on any atom is -0.398 e. The molecule has 19 heavy (non-hydrogen) atoms. The average molecular weight is 278 g/mol. The minimum absolute atomic E-state index is 0.00117. The van der Waals surface area contributed by atoms with Gasteiger partial charge in [0.25, 0.3) is 10.0 Å². The van der Waals surface area contributed by atoms with Crippen LogP contribution in [-0.4, -0.2) is 13.6 Å². The van der Waals surface area contributed by atoms with E-state index in [-0.39, 0.29) is 22.0 Å². The maximum Gasteiger partial charge on any atom is 0.266 e. The van der Waals surface area contributed by atoms with Crippen LogP contribution < -0.4 is 10.5 Å². The number of hydrogen-bond acceptors (Lipinski definition) is 6. The van der Waals surface area contributed by atoms with E-state index in [0.29, 0.717) is 5.69 Å². The quantitative estimate of drug-likeness (QED) is 0.814. The van der Waals surface area contributed by atoms with E-state index in [2.05, 4.69) is 9.88 Å². The monoisotopic (exact) mass is 278 g/mol. The summed E-state index contributed by atoms with van der Waals surface area (Å²) in [6, 6.07) is 7.24. The lowest BCUT2D eigenvalue weighted by atomic mass is 10.2. The Morgan fingerprint density at radius 2 is 2.16 bits per heavy atom. The Kier molecular flexibility index (Phi) is 3.14. The molecule has 0 atom stereocenters. The van der Waals surface area contributed by atoms with Crippen LogP contribution in [0, 0.1) is 18.3 Å². The number of sulfonamides is 1. The predicted octanol–water partition coefficient (Wildman–Crippen LogP) is 1.24. The van der Waals surface area contributed by atoms with Gasteiger partial charge in [0.05, 0.1) is 23.0 Å². The van der Waals surface area contributed by atoms with E-state index in [9.17, 15) is 8.42 Å². The molecule has 0 amide bonds. The zero-order chi connectivity index (χ0) is 14.0. The number of benzene rings is 1. The van der Waals surface area contributed by atoms with Crippen LogP contribution >= 0.6 is 0 Å². The van der Waals surface area contributed by atoms with E-state index in [1.807, 2.05) is 6.07 Å². The first-order valence-electron chi connectivity index (χ1n) is 5.18. The molecule has 1 aromatic heterocycles. The Morgan fingerprint density at radius 1 is 1.42 bits per heavy atom. The Balaban J connectivity index is 2.37.